The Bertz CT molecular complexity index is 1230. The van der Waals surface area contributed by atoms with E-state index in [1.807, 2.05) is 36.4 Å². The Morgan fingerprint density at radius 3 is 2.61 bits per heavy atom. The highest BCUT2D eigenvalue weighted by atomic mass is 35.5. The summed E-state index contributed by atoms with van der Waals surface area (Å²) >= 11 is 6.13. The predicted molar refractivity (Wildman–Crippen MR) is 124 cm³/mol. The van der Waals surface area contributed by atoms with Crippen LogP contribution in [-0.4, -0.2) is 20.5 Å². The molecule has 0 aliphatic heterocycles. The fourth-order valence-electron chi connectivity index (χ4n) is 4.32. The number of nitrogens with one attached hydrogen (secondary N) is 1. The molecular weight excluding hydrogens is 408 g/mol. The maximum Gasteiger partial charge on any atom is 0.274 e. The third-order valence-corrected chi connectivity index (χ3v) is 6.22. The van der Waals surface area contributed by atoms with Crippen molar-refractivity contribution in [3.8, 4) is 11.1 Å². The van der Waals surface area contributed by atoms with Gasteiger partial charge in [-0.3, -0.25) is 4.79 Å². The van der Waals surface area contributed by atoms with Crippen molar-refractivity contribution < 1.29 is 4.79 Å². The van der Waals surface area contributed by atoms with Gasteiger partial charge in [0.2, 0.25) is 0 Å². The Kier molecular flexibility index (Phi) is 5.43. The van der Waals surface area contributed by atoms with Gasteiger partial charge < -0.3 is 5.32 Å². The molecule has 5 rings (SSSR count). The number of halogens is 1. The van der Waals surface area contributed by atoms with Crippen LogP contribution in [0.1, 0.15) is 54.1 Å². The van der Waals surface area contributed by atoms with Gasteiger partial charge in [-0.25, -0.2) is 9.50 Å². The second kappa shape index (κ2) is 8.52. The lowest BCUT2D eigenvalue weighted by atomic mass is 9.84. The van der Waals surface area contributed by atoms with Gasteiger partial charge in [0.1, 0.15) is 5.69 Å². The van der Waals surface area contributed by atoms with Crippen molar-refractivity contribution in [3.63, 3.8) is 0 Å². The number of carbonyl (C=O) groups is 1. The van der Waals surface area contributed by atoms with E-state index >= 15 is 0 Å². The van der Waals surface area contributed by atoms with E-state index in [1.54, 1.807) is 23.0 Å². The summed E-state index contributed by atoms with van der Waals surface area (Å²) in [7, 11) is 0. The molecule has 1 N–H and O–H groups in total. The molecule has 2 aromatic carbocycles. The Morgan fingerprint density at radius 2 is 1.84 bits per heavy atom. The van der Waals surface area contributed by atoms with E-state index in [-0.39, 0.29) is 5.91 Å². The van der Waals surface area contributed by atoms with Crippen LogP contribution < -0.4 is 5.32 Å². The van der Waals surface area contributed by atoms with Crippen LogP contribution in [0, 0.1) is 0 Å². The van der Waals surface area contributed by atoms with Crippen molar-refractivity contribution >= 4 is 28.8 Å². The van der Waals surface area contributed by atoms with E-state index in [0.29, 0.717) is 22.3 Å². The number of carbonyl (C=O) groups excluding carboxylic acids is 1. The van der Waals surface area contributed by atoms with E-state index in [1.165, 1.54) is 37.7 Å². The van der Waals surface area contributed by atoms with E-state index in [4.69, 9.17) is 11.6 Å². The highest BCUT2D eigenvalue weighted by Crippen LogP contribution is 2.33. The molecule has 31 heavy (non-hydrogen) atoms. The monoisotopic (exact) mass is 430 g/mol. The number of aromatic nitrogens is 3. The average Bonchev–Trinajstić information content (AvgIpc) is 3.23. The fraction of sp³-hybridized carbons (Fsp3) is 0.240. The van der Waals surface area contributed by atoms with Crippen molar-refractivity contribution in [2.24, 2.45) is 0 Å². The highest BCUT2D eigenvalue weighted by Gasteiger charge is 2.16. The first kappa shape index (κ1) is 19.8. The van der Waals surface area contributed by atoms with Crippen molar-refractivity contribution in [1.29, 1.82) is 0 Å². The van der Waals surface area contributed by atoms with E-state index in [9.17, 15) is 4.79 Å². The number of hydrogen-bond acceptors (Lipinski definition) is 3. The van der Waals surface area contributed by atoms with Crippen LogP contribution in [0.5, 0.6) is 0 Å². The Labute approximate surface area is 186 Å². The van der Waals surface area contributed by atoms with E-state index in [0.717, 1.165) is 16.8 Å². The highest BCUT2D eigenvalue weighted by molar-refractivity contribution is 6.30. The van der Waals surface area contributed by atoms with Crippen molar-refractivity contribution in [1.82, 2.24) is 14.6 Å². The summed E-state index contributed by atoms with van der Waals surface area (Å²) in [5, 5.41) is 7.95. The lowest BCUT2D eigenvalue weighted by Gasteiger charge is -2.22. The molecule has 0 unspecified atom stereocenters. The normalized spacial score (nSPS) is 14.6. The topological polar surface area (TPSA) is 59.3 Å². The molecule has 0 spiro atoms. The lowest BCUT2D eigenvalue weighted by Crippen LogP contribution is -2.14. The maximum atomic E-state index is 12.8. The summed E-state index contributed by atoms with van der Waals surface area (Å²) in [6, 6.07) is 17.4. The molecule has 1 saturated carbocycles. The number of hydrogen-bond donors (Lipinski definition) is 1. The summed E-state index contributed by atoms with van der Waals surface area (Å²) in [6.45, 7) is 0. The van der Waals surface area contributed by atoms with Crippen LogP contribution in [-0.2, 0) is 0 Å². The standard InChI is InChI=1S/C25H23ClN4O/c26-20-8-4-7-19(15-20)22-16-27-30-14-13-23(29-24(22)30)25(31)28-21-11-9-18(10-12-21)17-5-2-1-3-6-17/h4,7-17H,1-3,5-6H2,(H,28,31). The number of anilines is 1. The zero-order valence-electron chi connectivity index (χ0n) is 17.1. The molecule has 4 aromatic rings. The summed E-state index contributed by atoms with van der Waals surface area (Å²) in [5.41, 5.74) is 4.83. The average molecular weight is 431 g/mol. The quantitative estimate of drug-likeness (QED) is 0.410. The number of rotatable bonds is 4. The Balaban J connectivity index is 1.36. The number of fused-ring (bicyclic) bond motifs is 1. The summed E-state index contributed by atoms with van der Waals surface area (Å²) in [4.78, 5) is 17.4. The van der Waals surface area contributed by atoms with Gasteiger partial charge >= 0.3 is 0 Å². The van der Waals surface area contributed by atoms with Crippen LogP contribution in [0.25, 0.3) is 16.8 Å². The first-order valence-electron chi connectivity index (χ1n) is 10.7. The van der Waals surface area contributed by atoms with Gasteiger partial charge in [0.25, 0.3) is 5.91 Å². The van der Waals surface area contributed by atoms with Crippen molar-refractivity contribution in [2.45, 2.75) is 38.0 Å². The van der Waals surface area contributed by atoms with Gasteiger partial charge in [0.15, 0.2) is 5.65 Å². The summed E-state index contributed by atoms with van der Waals surface area (Å²) in [5.74, 6) is 0.403. The van der Waals surface area contributed by atoms with Crippen molar-refractivity contribution in [3.05, 3.63) is 83.3 Å². The molecule has 2 heterocycles. The Morgan fingerprint density at radius 1 is 1.03 bits per heavy atom. The molecule has 1 aliphatic rings. The SMILES string of the molecule is O=C(Nc1ccc(C2CCCCC2)cc1)c1ccn2ncc(-c3cccc(Cl)c3)c2n1. The Hall–Kier alpha value is -3.18. The largest absolute Gasteiger partial charge is 0.321 e. The molecular formula is C25H23ClN4O. The van der Waals surface area contributed by atoms with Gasteiger partial charge in [-0.1, -0.05) is 55.1 Å². The minimum Gasteiger partial charge on any atom is -0.321 e. The van der Waals surface area contributed by atoms with Crippen LogP contribution in [0.4, 0.5) is 5.69 Å². The van der Waals surface area contributed by atoms with E-state index in [2.05, 4.69) is 27.5 Å². The molecule has 1 aliphatic carbocycles. The molecule has 2 aromatic heterocycles. The second-order valence-electron chi connectivity index (χ2n) is 8.06. The molecule has 156 valence electrons. The van der Waals surface area contributed by atoms with Gasteiger partial charge in [-0.15, -0.1) is 0 Å². The van der Waals surface area contributed by atoms with Gasteiger partial charge in [-0.2, -0.15) is 5.10 Å². The minimum atomic E-state index is -0.244. The third kappa shape index (κ3) is 4.19. The predicted octanol–water partition coefficient (Wildman–Crippen LogP) is 6.35. The number of nitrogens with zero attached hydrogens (tertiary/aromatic N) is 3. The lowest BCUT2D eigenvalue weighted by molar-refractivity contribution is 0.102. The molecule has 0 bridgehead atoms. The van der Waals surface area contributed by atoms with Gasteiger partial charge in [-0.05, 0) is 60.2 Å². The summed E-state index contributed by atoms with van der Waals surface area (Å²) < 4.78 is 1.66. The third-order valence-electron chi connectivity index (χ3n) is 5.98. The molecule has 1 amide bonds. The van der Waals surface area contributed by atoms with Crippen LogP contribution in [0.2, 0.25) is 5.02 Å². The van der Waals surface area contributed by atoms with Crippen molar-refractivity contribution in [2.75, 3.05) is 5.32 Å². The molecule has 0 radical (unpaired) electrons. The maximum absolute atomic E-state index is 12.8. The van der Waals surface area contributed by atoms with Crippen LogP contribution >= 0.6 is 11.6 Å². The molecule has 0 saturated heterocycles. The molecule has 0 atom stereocenters. The van der Waals surface area contributed by atoms with Crippen LogP contribution in [0.15, 0.2) is 67.0 Å². The molecule has 1 fully saturated rings. The van der Waals surface area contributed by atoms with Gasteiger partial charge in [0.05, 0.1) is 6.20 Å². The van der Waals surface area contributed by atoms with E-state index < -0.39 is 0 Å². The number of amides is 1. The zero-order valence-corrected chi connectivity index (χ0v) is 17.8. The van der Waals surface area contributed by atoms with Crippen LogP contribution in [0.3, 0.4) is 0 Å². The first-order valence-corrected chi connectivity index (χ1v) is 11.1. The summed E-state index contributed by atoms with van der Waals surface area (Å²) in [6.07, 6.45) is 9.97. The van der Waals surface area contributed by atoms with Gasteiger partial charge in [0, 0.05) is 22.5 Å². The number of benzene rings is 2. The molecule has 5 nitrogen and oxygen atoms in total. The first-order chi connectivity index (χ1) is 15.2. The zero-order chi connectivity index (χ0) is 21.2. The smallest absolute Gasteiger partial charge is 0.274 e. The second-order valence-corrected chi connectivity index (χ2v) is 8.50. The minimum absolute atomic E-state index is 0.244. The fourth-order valence-corrected chi connectivity index (χ4v) is 4.51. The molecule has 6 heteroatoms.